The number of hydrogen-bond acceptors (Lipinski definition) is 4. The van der Waals surface area contributed by atoms with E-state index in [-0.39, 0.29) is 30.0 Å². The van der Waals surface area contributed by atoms with Gasteiger partial charge in [-0.25, -0.2) is 0 Å². The van der Waals surface area contributed by atoms with Gasteiger partial charge in [-0.05, 0) is 42.9 Å². The lowest BCUT2D eigenvalue weighted by molar-refractivity contribution is -0.129. The molecule has 1 aliphatic carbocycles. The fourth-order valence-corrected chi connectivity index (χ4v) is 3.42. The third kappa shape index (κ3) is 4.43. The highest BCUT2D eigenvalue weighted by molar-refractivity contribution is 5.74. The molecule has 2 atom stereocenters. The highest BCUT2D eigenvalue weighted by Crippen LogP contribution is 2.39. The number of carbonyl (C=O) groups excluding carboxylic acids is 1. The molecule has 2 aliphatic rings. The molecule has 1 aromatic carbocycles. The van der Waals surface area contributed by atoms with Crippen LogP contribution in [0.25, 0.3) is 0 Å². The minimum absolute atomic E-state index is 0.0272. The van der Waals surface area contributed by atoms with Crippen molar-refractivity contribution in [3.63, 3.8) is 0 Å². The number of likely N-dealkylation sites (tertiary alicyclic amines) is 1. The van der Waals surface area contributed by atoms with Crippen LogP contribution >= 0.6 is 0 Å². The monoisotopic (exact) mass is 364 g/mol. The van der Waals surface area contributed by atoms with Crippen molar-refractivity contribution < 1.29 is 23.0 Å². The van der Waals surface area contributed by atoms with Gasteiger partial charge in [-0.15, -0.1) is 0 Å². The van der Waals surface area contributed by atoms with Crippen LogP contribution in [-0.4, -0.2) is 36.6 Å². The summed E-state index contributed by atoms with van der Waals surface area (Å²) in [6.45, 7) is -0.413. The smallest absolute Gasteiger partial charge is 0.387 e. The molecule has 0 bridgehead atoms. The van der Waals surface area contributed by atoms with Gasteiger partial charge in [0.1, 0.15) is 0 Å². The molecule has 5 nitrogen and oxygen atoms in total. The maximum Gasteiger partial charge on any atom is 0.387 e. The Kier molecular flexibility index (Phi) is 5.60. The second-order valence-corrected chi connectivity index (χ2v) is 6.96. The molecule has 1 aliphatic heterocycles. The first-order valence-corrected chi connectivity index (χ1v) is 8.83. The Morgan fingerprint density at radius 1 is 1.38 bits per heavy atom. The number of hydrogen-bond donors (Lipinski definition) is 0. The predicted molar refractivity (Wildman–Crippen MR) is 90.1 cm³/mol. The average Bonchev–Trinajstić information content (AvgIpc) is 3.32. The minimum atomic E-state index is -2.91. The maximum absolute atomic E-state index is 12.6. The number of amides is 1. The lowest BCUT2D eigenvalue weighted by Crippen LogP contribution is -2.33. The van der Waals surface area contributed by atoms with Gasteiger partial charge in [-0.2, -0.15) is 14.0 Å². The normalized spacial score (nSPS) is 22.3. The minimum Gasteiger partial charge on any atom is -0.489 e. The van der Waals surface area contributed by atoms with E-state index in [4.69, 9.17) is 10.00 Å². The number of rotatable bonds is 7. The molecule has 26 heavy (non-hydrogen) atoms. The van der Waals surface area contributed by atoms with Crippen LogP contribution in [0.2, 0.25) is 0 Å². The molecule has 140 valence electrons. The molecule has 1 unspecified atom stereocenters. The van der Waals surface area contributed by atoms with E-state index in [9.17, 15) is 13.6 Å². The van der Waals surface area contributed by atoms with Crippen molar-refractivity contribution in [1.29, 1.82) is 5.26 Å². The van der Waals surface area contributed by atoms with Crippen LogP contribution < -0.4 is 9.47 Å². The molecule has 3 rings (SSSR count). The van der Waals surface area contributed by atoms with E-state index in [1.54, 1.807) is 17.0 Å². The summed E-state index contributed by atoms with van der Waals surface area (Å²) in [6, 6.07) is 6.98. The first-order chi connectivity index (χ1) is 12.5. The fraction of sp³-hybridized carbons (Fsp3) is 0.579. The molecule has 1 amide bonds. The first-order valence-electron chi connectivity index (χ1n) is 8.83. The lowest BCUT2D eigenvalue weighted by Gasteiger charge is -2.20. The molecule has 1 saturated heterocycles. The summed E-state index contributed by atoms with van der Waals surface area (Å²) < 4.78 is 35.6. The molecule has 0 N–H and O–H groups in total. The number of carbonyl (C=O) groups is 1. The van der Waals surface area contributed by atoms with Crippen LogP contribution in [0.4, 0.5) is 8.78 Å². The van der Waals surface area contributed by atoms with Crippen molar-refractivity contribution >= 4 is 5.91 Å². The summed E-state index contributed by atoms with van der Waals surface area (Å²) >= 11 is 0. The summed E-state index contributed by atoms with van der Waals surface area (Å²) in [6.07, 6.45) is 3.14. The van der Waals surface area contributed by atoms with E-state index >= 15 is 0 Å². The Morgan fingerprint density at radius 2 is 2.15 bits per heavy atom. The second-order valence-electron chi connectivity index (χ2n) is 6.96. The summed E-state index contributed by atoms with van der Waals surface area (Å²) in [5.41, 5.74) is 0.907. The Bertz CT molecular complexity index is 701. The molecular weight excluding hydrogens is 342 g/mol. The van der Waals surface area contributed by atoms with Crippen molar-refractivity contribution in [2.24, 2.45) is 5.92 Å². The third-order valence-corrected chi connectivity index (χ3v) is 4.97. The largest absolute Gasteiger partial charge is 0.489 e. The van der Waals surface area contributed by atoms with Crippen LogP contribution in [-0.2, 0) is 4.79 Å². The number of halogens is 2. The predicted octanol–water partition coefficient (Wildman–Crippen LogP) is 3.69. The molecule has 0 radical (unpaired) electrons. The highest BCUT2D eigenvalue weighted by Gasteiger charge is 2.34. The van der Waals surface area contributed by atoms with E-state index in [1.165, 1.54) is 13.0 Å². The zero-order valence-electron chi connectivity index (χ0n) is 14.7. The van der Waals surface area contributed by atoms with Gasteiger partial charge >= 0.3 is 6.61 Å². The van der Waals surface area contributed by atoms with Crippen LogP contribution in [0, 0.1) is 17.2 Å². The molecule has 0 spiro atoms. The quantitative estimate of drug-likeness (QED) is 0.740. The first kappa shape index (κ1) is 18.4. The fourth-order valence-electron chi connectivity index (χ4n) is 3.42. The third-order valence-electron chi connectivity index (χ3n) is 4.97. The van der Waals surface area contributed by atoms with Gasteiger partial charge in [0.15, 0.2) is 11.5 Å². The lowest BCUT2D eigenvalue weighted by atomic mass is 9.95. The Balaban J connectivity index is 1.79. The van der Waals surface area contributed by atoms with Crippen LogP contribution in [0.1, 0.15) is 44.1 Å². The van der Waals surface area contributed by atoms with Gasteiger partial charge < -0.3 is 14.4 Å². The van der Waals surface area contributed by atoms with E-state index in [2.05, 4.69) is 10.8 Å². The van der Waals surface area contributed by atoms with Crippen LogP contribution in [0.3, 0.4) is 0 Å². The molecule has 2 fully saturated rings. The summed E-state index contributed by atoms with van der Waals surface area (Å²) in [7, 11) is 0. The van der Waals surface area contributed by atoms with Crippen molar-refractivity contribution in [2.45, 2.75) is 51.2 Å². The molecule has 1 saturated carbocycles. The van der Waals surface area contributed by atoms with Crippen molar-refractivity contribution in [1.82, 2.24) is 4.90 Å². The van der Waals surface area contributed by atoms with Crippen molar-refractivity contribution in [2.75, 3.05) is 13.2 Å². The zero-order valence-corrected chi connectivity index (χ0v) is 14.7. The van der Waals surface area contributed by atoms with E-state index in [0.717, 1.165) is 18.4 Å². The number of nitriles is 1. The van der Waals surface area contributed by atoms with Crippen molar-refractivity contribution in [3.8, 4) is 17.6 Å². The van der Waals surface area contributed by atoms with E-state index in [0.29, 0.717) is 31.2 Å². The van der Waals surface area contributed by atoms with Gasteiger partial charge in [0.05, 0.1) is 19.1 Å². The van der Waals surface area contributed by atoms with E-state index < -0.39 is 6.61 Å². The Morgan fingerprint density at radius 3 is 2.77 bits per heavy atom. The molecule has 1 aromatic rings. The van der Waals surface area contributed by atoms with Gasteiger partial charge in [0.2, 0.25) is 5.91 Å². The Hall–Kier alpha value is -2.36. The van der Waals surface area contributed by atoms with Crippen LogP contribution in [0.5, 0.6) is 11.5 Å². The molecule has 1 heterocycles. The van der Waals surface area contributed by atoms with Crippen molar-refractivity contribution in [3.05, 3.63) is 23.8 Å². The summed E-state index contributed by atoms with van der Waals surface area (Å²) in [5, 5.41) is 8.98. The van der Waals surface area contributed by atoms with E-state index in [1.807, 2.05) is 0 Å². The molecule has 0 aromatic heterocycles. The van der Waals surface area contributed by atoms with Gasteiger partial charge in [-0.1, -0.05) is 6.07 Å². The average molecular weight is 364 g/mol. The van der Waals surface area contributed by atoms with Crippen LogP contribution in [0.15, 0.2) is 18.2 Å². The Labute approximate surface area is 151 Å². The summed E-state index contributed by atoms with van der Waals surface area (Å²) in [5.74, 6) is 0.807. The van der Waals surface area contributed by atoms with Gasteiger partial charge in [0.25, 0.3) is 0 Å². The summed E-state index contributed by atoms with van der Waals surface area (Å²) in [4.78, 5) is 13.5. The SMILES string of the molecule is CC(=O)N1CC(c2ccc(OC(F)F)c(OCC3CC3)c2)C[C@H]1CC#N. The second kappa shape index (κ2) is 7.90. The maximum atomic E-state index is 12.6. The molecular formula is C19H22F2N2O3. The standard InChI is InChI=1S/C19H22F2N2O3/c1-12(24)23-10-15(8-16(23)6-7-22)14-4-5-17(26-19(20)21)18(9-14)25-11-13-2-3-13/h4-5,9,13,15-16,19H,2-3,6,8,10-11H2,1H3/t15?,16-/m1/s1. The van der Waals surface area contributed by atoms with Gasteiger partial charge in [0, 0.05) is 25.4 Å². The highest BCUT2D eigenvalue weighted by atomic mass is 19.3. The van der Waals surface area contributed by atoms with Gasteiger partial charge in [-0.3, -0.25) is 4.79 Å². The number of benzene rings is 1. The number of alkyl halides is 2. The topological polar surface area (TPSA) is 62.6 Å². The number of nitrogens with zero attached hydrogens (tertiary/aromatic N) is 2. The molecule has 7 heteroatoms. The zero-order chi connectivity index (χ0) is 18.7. The number of ether oxygens (including phenoxy) is 2.